The molecule has 0 saturated carbocycles. The van der Waals surface area contributed by atoms with E-state index in [-0.39, 0.29) is 16.3 Å². The lowest BCUT2D eigenvalue weighted by Crippen LogP contribution is -2.12. The Morgan fingerprint density at radius 1 is 1.33 bits per heavy atom. The number of amides is 1. The summed E-state index contributed by atoms with van der Waals surface area (Å²) in [6.07, 6.45) is 0. The van der Waals surface area contributed by atoms with Crippen LogP contribution in [0.3, 0.4) is 0 Å². The second-order valence-electron chi connectivity index (χ2n) is 4.35. The summed E-state index contributed by atoms with van der Waals surface area (Å²) >= 11 is 9.19. The van der Waals surface area contributed by atoms with Crippen molar-refractivity contribution in [3.05, 3.63) is 67.1 Å². The average molecular weight is 370 g/mol. The SMILES string of the molecule is Cc1cccc(NC(=O)c2cc(Cl)cc([N+](=O)[O-])c2)c1Br. The molecule has 0 aliphatic heterocycles. The van der Waals surface area contributed by atoms with Crippen molar-refractivity contribution < 1.29 is 9.72 Å². The Balaban J connectivity index is 2.32. The predicted molar refractivity (Wildman–Crippen MR) is 84.9 cm³/mol. The number of carbonyl (C=O) groups is 1. The molecule has 0 fully saturated rings. The Morgan fingerprint density at radius 3 is 2.71 bits per heavy atom. The van der Waals surface area contributed by atoms with E-state index in [1.165, 1.54) is 18.2 Å². The number of nitrogens with one attached hydrogen (secondary N) is 1. The van der Waals surface area contributed by atoms with Crippen LogP contribution >= 0.6 is 27.5 Å². The molecule has 0 aliphatic rings. The number of nitrogens with zero attached hydrogens (tertiary/aromatic N) is 1. The van der Waals surface area contributed by atoms with Crippen LogP contribution in [-0.2, 0) is 0 Å². The number of non-ortho nitro benzene ring substituents is 1. The van der Waals surface area contributed by atoms with Gasteiger partial charge in [-0.25, -0.2) is 0 Å². The Hall–Kier alpha value is -1.92. The minimum atomic E-state index is -0.592. The second kappa shape index (κ2) is 6.24. The van der Waals surface area contributed by atoms with Crippen molar-refractivity contribution in [2.75, 3.05) is 5.32 Å². The van der Waals surface area contributed by atoms with Gasteiger partial charge in [-0.05, 0) is 40.5 Å². The maximum Gasteiger partial charge on any atom is 0.271 e. The number of rotatable bonds is 3. The van der Waals surface area contributed by atoms with Crippen LogP contribution in [0.1, 0.15) is 15.9 Å². The number of anilines is 1. The third kappa shape index (κ3) is 3.59. The van der Waals surface area contributed by atoms with Gasteiger partial charge in [-0.3, -0.25) is 14.9 Å². The van der Waals surface area contributed by atoms with E-state index in [1.54, 1.807) is 12.1 Å². The van der Waals surface area contributed by atoms with Crippen molar-refractivity contribution in [2.24, 2.45) is 0 Å². The van der Waals surface area contributed by atoms with E-state index in [0.717, 1.165) is 10.0 Å². The first-order valence-electron chi connectivity index (χ1n) is 5.90. The molecular weight excluding hydrogens is 360 g/mol. The summed E-state index contributed by atoms with van der Waals surface area (Å²) in [5.74, 6) is -0.466. The van der Waals surface area contributed by atoms with Crippen LogP contribution in [0.4, 0.5) is 11.4 Å². The van der Waals surface area contributed by atoms with Crippen molar-refractivity contribution in [1.82, 2.24) is 0 Å². The molecule has 2 rings (SSSR count). The first-order valence-corrected chi connectivity index (χ1v) is 7.07. The molecule has 0 bridgehead atoms. The number of nitro benzene ring substituents is 1. The molecule has 5 nitrogen and oxygen atoms in total. The summed E-state index contributed by atoms with van der Waals surface area (Å²) < 4.78 is 0.759. The molecule has 1 N–H and O–H groups in total. The fourth-order valence-electron chi connectivity index (χ4n) is 1.75. The summed E-state index contributed by atoms with van der Waals surface area (Å²) in [5.41, 5.74) is 1.45. The summed E-state index contributed by atoms with van der Waals surface area (Å²) in [6, 6.07) is 9.19. The highest BCUT2D eigenvalue weighted by molar-refractivity contribution is 9.10. The Bertz CT molecular complexity index is 734. The van der Waals surface area contributed by atoms with Gasteiger partial charge in [0.25, 0.3) is 11.6 Å². The van der Waals surface area contributed by atoms with Gasteiger partial charge < -0.3 is 5.32 Å². The third-order valence-electron chi connectivity index (χ3n) is 2.80. The molecule has 0 heterocycles. The number of nitro groups is 1. The lowest BCUT2D eigenvalue weighted by molar-refractivity contribution is -0.384. The highest BCUT2D eigenvalue weighted by Crippen LogP contribution is 2.27. The van der Waals surface area contributed by atoms with Gasteiger partial charge in [0.1, 0.15) is 0 Å². The summed E-state index contributed by atoms with van der Waals surface area (Å²) in [4.78, 5) is 22.4. The van der Waals surface area contributed by atoms with E-state index in [4.69, 9.17) is 11.6 Å². The maximum atomic E-state index is 12.2. The first-order chi connectivity index (χ1) is 9.88. The molecule has 0 radical (unpaired) electrons. The third-order valence-corrected chi connectivity index (χ3v) is 4.07. The van der Waals surface area contributed by atoms with Gasteiger partial charge in [0, 0.05) is 27.2 Å². The Kier molecular flexibility index (Phi) is 4.59. The number of hydrogen-bond donors (Lipinski definition) is 1. The fraction of sp³-hybridized carbons (Fsp3) is 0.0714. The maximum absolute atomic E-state index is 12.2. The van der Waals surface area contributed by atoms with Gasteiger partial charge in [0.05, 0.1) is 10.6 Å². The highest BCUT2D eigenvalue weighted by Gasteiger charge is 2.15. The summed E-state index contributed by atoms with van der Waals surface area (Å²) in [6.45, 7) is 1.89. The summed E-state index contributed by atoms with van der Waals surface area (Å²) in [5, 5.41) is 13.6. The van der Waals surface area contributed by atoms with Crippen molar-refractivity contribution in [1.29, 1.82) is 0 Å². The number of carbonyl (C=O) groups excluding carboxylic acids is 1. The van der Waals surface area contributed by atoms with Crippen molar-refractivity contribution in [3.63, 3.8) is 0 Å². The normalized spacial score (nSPS) is 10.2. The molecule has 0 unspecified atom stereocenters. The molecule has 1 amide bonds. The molecule has 0 spiro atoms. The second-order valence-corrected chi connectivity index (χ2v) is 5.58. The van der Waals surface area contributed by atoms with Gasteiger partial charge in [0.2, 0.25) is 0 Å². The molecule has 0 aromatic heterocycles. The zero-order chi connectivity index (χ0) is 15.6. The zero-order valence-corrected chi connectivity index (χ0v) is 13.2. The van der Waals surface area contributed by atoms with E-state index in [9.17, 15) is 14.9 Å². The van der Waals surface area contributed by atoms with Gasteiger partial charge >= 0.3 is 0 Å². The average Bonchev–Trinajstić information content (AvgIpc) is 2.43. The molecule has 0 saturated heterocycles. The van der Waals surface area contributed by atoms with Crippen LogP contribution in [0.2, 0.25) is 5.02 Å². The lowest BCUT2D eigenvalue weighted by Gasteiger charge is -2.09. The number of aryl methyl sites for hydroxylation is 1. The van der Waals surface area contributed by atoms with Crippen LogP contribution < -0.4 is 5.32 Å². The van der Waals surface area contributed by atoms with E-state index >= 15 is 0 Å². The fourth-order valence-corrected chi connectivity index (χ4v) is 2.34. The monoisotopic (exact) mass is 368 g/mol. The van der Waals surface area contributed by atoms with E-state index in [0.29, 0.717) is 5.69 Å². The molecular formula is C14H10BrClN2O3. The molecule has 0 aliphatic carbocycles. The topological polar surface area (TPSA) is 72.2 Å². The van der Waals surface area contributed by atoms with Crippen molar-refractivity contribution in [2.45, 2.75) is 6.92 Å². The lowest BCUT2D eigenvalue weighted by atomic mass is 10.1. The number of halogens is 2. The van der Waals surface area contributed by atoms with Gasteiger partial charge in [-0.2, -0.15) is 0 Å². The molecule has 2 aromatic rings. The van der Waals surface area contributed by atoms with Crippen LogP contribution in [0, 0.1) is 17.0 Å². The molecule has 7 heteroatoms. The van der Waals surface area contributed by atoms with E-state index in [1.807, 2.05) is 13.0 Å². The molecule has 0 atom stereocenters. The van der Waals surface area contributed by atoms with Crippen molar-refractivity contribution in [3.8, 4) is 0 Å². The highest BCUT2D eigenvalue weighted by atomic mass is 79.9. The van der Waals surface area contributed by atoms with Gasteiger partial charge in [0.15, 0.2) is 0 Å². The number of benzene rings is 2. The van der Waals surface area contributed by atoms with Crippen LogP contribution in [0.25, 0.3) is 0 Å². The van der Waals surface area contributed by atoms with E-state index in [2.05, 4.69) is 21.2 Å². The Morgan fingerprint density at radius 2 is 2.05 bits per heavy atom. The van der Waals surface area contributed by atoms with E-state index < -0.39 is 10.8 Å². The predicted octanol–water partition coefficient (Wildman–Crippen LogP) is 4.57. The standard InChI is InChI=1S/C14H10BrClN2O3/c1-8-3-2-4-12(13(8)15)17-14(19)9-5-10(16)7-11(6-9)18(20)21/h2-7H,1H3,(H,17,19). The minimum Gasteiger partial charge on any atom is -0.321 e. The van der Waals surface area contributed by atoms with Crippen LogP contribution in [-0.4, -0.2) is 10.8 Å². The molecule has 21 heavy (non-hydrogen) atoms. The zero-order valence-electron chi connectivity index (χ0n) is 10.9. The Labute approximate surface area is 134 Å². The smallest absolute Gasteiger partial charge is 0.271 e. The summed E-state index contributed by atoms with van der Waals surface area (Å²) in [7, 11) is 0. The molecule has 2 aromatic carbocycles. The largest absolute Gasteiger partial charge is 0.321 e. The number of hydrogen-bond acceptors (Lipinski definition) is 3. The first kappa shape index (κ1) is 15.5. The van der Waals surface area contributed by atoms with Crippen LogP contribution in [0.15, 0.2) is 40.9 Å². The molecule has 108 valence electrons. The van der Waals surface area contributed by atoms with Crippen LogP contribution in [0.5, 0.6) is 0 Å². The van der Waals surface area contributed by atoms with Gasteiger partial charge in [-0.15, -0.1) is 0 Å². The minimum absolute atomic E-state index is 0.127. The van der Waals surface area contributed by atoms with Gasteiger partial charge in [-0.1, -0.05) is 23.7 Å². The van der Waals surface area contributed by atoms with Crippen molar-refractivity contribution >= 4 is 44.8 Å². The quantitative estimate of drug-likeness (QED) is 0.636.